The van der Waals surface area contributed by atoms with Gasteiger partial charge in [0.05, 0.1) is 4.91 Å². The number of aliphatic hydroxyl groups excluding tert-OH is 1. The van der Waals surface area contributed by atoms with E-state index in [1.54, 1.807) is 0 Å². The number of thioether (sulfide) groups is 1. The van der Waals surface area contributed by atoms with Gasteiger partial charge in [-0.05, 0) is 23.5 Å². The smallest absolute Gasteiger partial charge is 0.173 e. The predicted octanol–water partition coefficient (Wildman–Crippen LogP) is 3.92. The highest BCUT2D eigenvalue weighted by atomic mass is 32.2. The molecule has 2 nitrogen and oxygen atoms in total. The number of ketones is 1. The van der Waals surface area contributed by atoms with E-state index in [9.17, 15) is 9.90 Å². The van der Waals surface area contributed by atoms with Crippen LogP contribution in [0.4, 0.5) is 0 Å². The molecule has 0 heterocycles. The first kappa shape index (κ1) is 13.6. The standard InChI is InChI=1S/C13H22O2S/c1-9(2)5-6-16-12-10(14)7-13(3,4)8-11(12)15/h9,14H,5-8H2,1-4H3. The van der Waals surface area contributed by atoms with Crippen molar-refractivity contribution in [1.82, 2.24) is 0 Å². The molecule has 1 aliphatic rings. The maximum absolute atomic E-state index is 11.9. The third-order valence-electron chi connectivity index (χ3n) is 2.74. The second-order valence-electron chi connectivity index (χ2n) is 5.75. The Balaban J connectivity index is 2.61. The summed E-state index contributed by atoms with van der Waals surface area (Å²) >= 11 is 1.52. The van der Waals surface area contributed by atoms with Gasteiger partial charge in [0.1, 0.15) is 5.76 Å². The van der Waals surface area contributed by atoms with Crippen LogP contribution in [0.5, 0.6) is 0 Å². The van der Waals surface area contributed by atoms with Crippen molar-refractivity contribution in [2.24, 2.45) is 11.3 Å². The molecule has 0 atom stereocenters. The molecular formula is C13H22O2S. The molecule has 0 bridgehead atoms. The van der Waals surface area contributed by atoms with E-state index in [2.05, 4.69) is 13.8 Å². The molecule has 0 amide bonds. The maximum atomic E-state index is 11.9. The number of hydrogen-bond acceptors (Lipinski definition) is 3. The van der Waals surface area contributed by atoms with Crippen molar-refractivity contribution in [3.05, 3.63) is 10.7 Å². The average molecular weight is 242 g/mol. The monoisotopic (exact) mass is 242 g/mol. The minimum atomic E-state index is -0.0801. The first-order chi connectivity index (χ1) is 7.32. The quantitative estimate of drug-likeness (QED) is 0.811. The van der Waals surface area contributed by atoms with Crippen molar-refractivity contribution in [3.63, 3.8) is 0 Å². The van der Waals surface area contributed by atoms with Crippen molar-refractivity contribution in [2.75, 3.05) is 5.75 Å². The summed E-state index contributed by atoms with van der Waals surface area (Å²) in [4.78, 5) is 12.5. The second-order valence-corrected chi connectivity index (χ2v) is 6.85. The van der Waals surface area contributed by atoms with Gasteiger partial charge in [-0.2, -0.15) is 0 Å². The molecular weight excluding hydrogens is 220 g/mol. The number of hydrogen-bond donors (Lipinski definition) is 1. The van der Waals surface area contributed by atoms with Crippen LogP contribution in [0.3, 0.4) is 0 Å². The SMILES string of the molecule is CC(C)CCSC1=C(O)CC(C)(C)CC1=O. The fourth-order valence-corrected chi connectivity index (χ4v) is 3.10. The van der Waals surface area contributed by atoms with Crippen molar-refractivity contribution in [1.29, 1.82) is 0 Å². The molecule has 0 aromatic heterocycles. The first-order valence-corrected chi connectivity index (χ1v) is 6.88. The summed E-state index contributed by atoms with van der Waals surface area (Å²) in [7, 11) is 0. The van der Waals surface area contributed by atoms with E-state index in [-0.39, 0.29) is 11.2 Å². The molecule has 3 heteroatoms. The third-order valence-corrected chi connectivity index (χ3v) is 3.93. The van der Waals surface area contributed by atoms with Crippen LogP contribution in [0.1, 0.15) is 47.0 Å². The van der Waals surface area contributed by atoms with E-state index in [1.165, 1.54) is 11.8 Å². The molecule has 1 N–H and O–H groups in total. The molecule has 0 aliphatic heterocycles. The van der Waals surface area contributed by atoms with Crippen LogP contribution in [0.15, 0.2) is 10.7 Å². The predicted molar refractivity (Wildman–Crippen MR) is 69.6 cm³/mol. The lowest BCUT2D eigenvalue weighted by Crippen LogP contribution is -2.24. The molecule has 0 aromatic carbocycles. The Morgan fingerprint density at radius 1 is 1.38 bits per heavy atom. The first-order valence-electron chi connectivity index (χ1n) is 5.90. The van der Waals surface area contributed by atoms with Crippen LogP contribution in [0, 0.1) is 11.3 Å². The van der Waals surface area contributed by atoms with E-state index in [0.717, 1.165) is 12.2 Å². The highest BCUT2D eigenvalue weighted by Crippen LogP contribution is 2.39. The van der Waals surface area contributed by atoms with Crippen LogP contribution in [0.25, 0.3) is 0 Å². The molecule has 16 heavy (non-hydrogen) atoms. The van der Waals surface area contributed by atoms with Gasteiger partial charge in [-0.15, -0.1) is 11.8 Å². The van der Waals surface area contributed by atoms with Crippen molar-refractivity contribution >= 4 is 17.5 Å². The van der Waals surface area contributed by atoms with Crippen LogP contribution in [-0.4, -0.2) is 16.6 Å². The molecule has 0 radical (unpaired) electrons. The molecule has 0 saturated carbocycles. The van der Waals surface area contributed by atoms with Gasteiger partial charge in [0.25, 0.3) is 0 Å². The van der Waals surface area contributed by atoms with Gasteiger partial charge in [-0.3, -0.25) is 4.79 Å². The lowest BCUT2D eigenvalue weighted by Gasteiger charge is -2.29. The minimum absolute atomic E-state index is 0.0801. The Morgan fingerprint density at radius 2 is 2.00 bits per heavy atom. The number of carbonyl (C=O) groups is 1. The molecule has 0 unspecified atom stereocenters. The Hall–Kier alpha value is -0.440. The molecule has 1 rings (SSSR count). The topological polar surface area (TPSA) is 37.3 Å². The Bertz CT molecular complexity index is 303. The van der Waals surface area contributed by atoms with Crippen molar-refractivity contribution in [2.45, 2.75) is 47.0 Å². The van der Waals surface area contributed by atoms with E-state index in [4.69, 9.17) is 0 Å². The van der Waals surface area contributed by atoms with Gasteiger partial charge in [0, 0.05) is 12.8 Å². The van der Waals surface area contributed by atoms with Gasteiger partial charge in [0.2, 0.25) is 0 Å². The van der Waals surface area contributed by atoms with E-state index < -0.39 is 0 Å². The summed E-state index contributed by atoms with van der Waals surface area (Å²) in [5.41, 5.74) is -0.0801. The van der Waals surface area contributed by atoms with Crippen LogP contribution >= 0.6 is 11.8 Å². The number of carbonyl (C=O) groups excluding carboxylic acids is 1. The Kier molecular flexibility index (Phi) is 4.48. The van der Waals surface area contributed by atoms with Gasteiger partial charge < -0.3 is 5.11 Å². The zero-order chi connectivity index (χ0) is 12.3. The highest BCUT2D eigenvalue weighted by Gasteiger charge is 2.32. The van der Waals surface area contributed by atoms with E-state index in [0.29, 0.717) is 29.4 Å². The summed E-state index contributed by atoms with van der Waals surface area (Å²) in [6.07, 6.45) is 2.27. The fourth-order valence-electron chi connectivity index (χ4n) is 1.83. The largest absolute Gasteiger partial charge is 0.511 e. The van der Waals surface area contributed by atoms with Gasteiger partial charge in [-0.25, -0.2) is 0 Å². The van der Waals surface area contributed by atoms with Crippen molar-refractivity contribution < 1.29 is 9.90 Å². The minimum Gasteiger partial charge on any atom is -0.511 e. The van der Waals surface area contributed by atoms with Crippen LogP contribution in [-0.2, 0) is 4.79 Å². The summed E-state index contributed by atoms with van der Waals surface area (Å²) in [5, 5.41) is 9.88. The molecule has 1 aliphatic carbocycles. The zero-order valence-corrected chi connectivity index (χ0v) is 11.5. The Morgan fingerprint density at radius 3 is 2.50 bits per heavy atom. The summed E-state index contributed by atoms with van der Waals surface area (Å²) in [6.45, 7) is 8.38. The molecule has 0 saturated heterocycles. The average Bonchev–Trinajstić information content (AvgIpc) is 2.07. The van der Waals surface area contributed by atoms with Gasteiger partial charge in [0.15, 0.2) is 5.78 Å². The maximum Gasteiger partial charge on any atom is 0.173 e. The highest BCUT2D eigenvalue weighted by molar-refractivity contribution is 8.04. The zero-order valence-electron chi connectivity index (χ0n) is 10.7. The molecule has 0 spiro atoms. The van der Waals surface area contributed by atoms with Gasteiger partial charge >= 0.3 is 0 Å². The molecule has 92 valence electrons. The number of rotatable bonds is 4. The number of allylic oxidation sites excluding steroid dienone is 2. The second kappa shape index (κ2) is 5.26. The third kappa shape index (κ3) is 3.85. The van der Waals surface area contributed by atoms with E-state index in [1.807, 2.05) is 13.8 Å². The van der Waals surface area contributed by atoms with E-state index >= 15 is 0 Å². The summed E-state index contributed by atoms with van der Waals surface area (Å²) < 4.78 is 0. The fraction of sp³-hybridized carbons (Fsp3) is 0.769. The summed E-state index contributed by atoms with van der Waals surface area (Å²) in [5.74, 6) is 1.98. The number of Topliss-reactive ketones (excluding diaryl/α,β-unsaturated/α-hetero) is 1. The Labute approximate surface area is 103 Å². The van der Waals surface area contributed by atoms with Crippen LogP contribution in [0.2, 0.25) is 0 Å². The normalized spacial score (nSPS) is 20.7. The van der Waals surface area contributed by atoms with Gasteiger partial charge in [-0.1, -0.05) is 27.7 Å². The molecule has 0 fully saturated rings. The summed E-state index contributed by atoms with van der Waals surface area (Å²) in [6, 6.07) is 0. The van der Waals surface area contributed by atoms with Crippen molar-refractivity contribution in [3.8, 4) is 0 Å². The molecule has 0 aromatic rings. The number of aliphatic hydroxyl groups is 1. The lowest BCUT2D eigenvalue weighted by atomic mass is 9.79. The lowest BCUT2D eigenvalue weighted by molar-refractivity contribution is -0.117. The van der Waals surface area contributed by atoms with Crippen LogP contribution < -0.4 is 0 Å².